The van der Waals surface area contributed by atoms with Crippen molar-refractivity contribution in [1.29, 1.82) is 0 Å². The average Bonchev–Trinajstić information content (AvgIpc) is 2.96. The summed E-state index contributed by atoms with van der Waals surface area (Å²) >= 11 is 0. The molecule has 0 heterocycles. The van der Waals surface area contributed by atoms with Gasteiger partial charge in [-0.3, -0.25) is 0 Å². The van der Waals surface area contributed by atoms with E-state index in [1.807, 2.05) is 0 Å². The first kappa shape index (κ1) is 34.6. The van der Waals surface area contributed by atoms with Gasteiger partial charge in [0.1, 0.15) is 0 Å². The zero-order valence-electron chi connectivity index (χ0n) is 28.1. The Kier molecular flexibility index (Phi) is 17.6. The predicted octanol–water partition coefficient (Wildman–Crippen LogP) is 13.0. The van der Waals surface area contributed by atoms with E-state index in [1.165, 1.54) is 140 Å². The molecule has 226 valence electrons. The third-order valence-corrected chi connectivity index (χ3v) is 9.41. The number of rotatable bonds is 22. The van der Waals surface area contributed by atoms with Gasteiger partial charge in [0.25, 0.3) is 0 Å². The number of benzene rings is 2. The van der Waals surface area contributed by atoms with Gasteiger partial charge in [-0.1, -0.05) is 130 Å². The Balaban J connectivity index is 2.73. The van der Waals surface area contributed by atoms with Crippen LogP contribution in [0.15, 0.2) is 18.2 Å². The lowest BCUT2D eigenvalue weighted by molar-refractivity contribution is 0.632. The molecule has 0 N–H and O–H groups in total. The highest BCUT2D eigenvalue weighted by molar-refractivity contribution is 5.75. The van der Waals surface area contributed by atoms with E-state index in [0.29, 0.717) is 0 Å². The minimum Gasteiger partial charge on any atom is -0.0654 e. The van der Waals surface area contributed by atoms with Crippen LogP contribution in [0.1, 0.15) is 176 Å². The van der Waals surface area contributed by atoms with Gasteiger partial charge in [-0.2, -0.15) is 0 Å². The van der Waals surface area contributed by atoms with Gasteiger partial charge in [0.2, 0.25) is 0 Å². The van der Waals surface area contributed by atoms with Gasteiger partial charge >= 0.3 is 0 Å². The van der Waals surface area contributed by atoms with Gasteiger partial charge in [-0.25, -0.2) is 0 Å². The molecule has 0 saturated carbocycles. The Morgan fingerprint density at radius 3 is 1.40 bits per heavy atom. The molecule has 0 radical (unpaired) electrons. The molecular formula is C40H66. The summed E-state index contributed by atoms with van der Waals surface area (Å²) in [4.78, 5) is 0. The Labute approximate surface area is 251 Å². The van der Waals surface area contributed by atoms with E-state index >= 15 is 0 Å². The van der Waals surface area contributed by atoms with Crippen molar-refractivity contribution in [3.63, 3.8) is 0 Å². The summed E-state index contributed by atoms with van der Waals surface area (Å²) in [6.45, 7) is 16.4. The number of unbranched alkanes of at least 4 members (excludes halogenated alkanes) is 12. The van der Waals surface area contributed by atoms with Crippen LogP contribution in [0, 0.1) is 13.8 Å². The van der Waals surface area contributed by atoms with Crippen LogP contribution in [0.3, 0.4) is 0 Å². The molecule has 2 aromatic carbocycles. The maximum atomic E-state index is 2.72. The van der Waals surface area contributed by atoms with Crippen molar-refractivity contribution < 1.29 is 0 Å². The quantitative estimate of drug-likeness (QED) is 0.129. The summed E-state index contributed by atoms with van der Waals surface area (Å²) in [5.41, 5.74) is 14.7. The fourth-order valence-electron chi connectivity index (χ4n) is 6.76. The maximum absolute atomic E-state index is 2.72. The van der Waals surface area contributed by atoms with Crippen LogP contribution in [-0.4, -0.2) is 0 Å². The normalized spacial score (nSPS) is 11.5. The van der Waals surface area contributed by atoms with Crippen molar-refractivity contribution in [2.45, 2.75) is 183 Å². The first-order valence-corrected chi connectivity index (χ1v) is 17.8. The maximum Gasteiger partial charge on any atom is -0.0143 e. The highest BCUT2D eigenvalue weighted by atomic mass is 14.3. The zero-order valence-corrected chi connectivity index (χ0v) is 28.1. The SMILES string of the molecule is CCCCCCc1cc(-c2ccc(C)c(C)c2CC)c(CCCCCC)c(CCCCCC)c1CCCCCC. The third kappa shape index (κ3) is 10.7. The third-order valence-electron chi connectivity index (χ3n) is 9.41. The van der Waals surface area contributed by atoms with Crippen LogP contribution in [0.25, 0.3) is 11.1 Å². The molecule has 0 bridgehead atoms. The molecule has 0 saturated heterocycles. The summed E-state index contributed by atoms with van der Waals surface area (Å²) in [6.07, 6.45) is 27.9. The lowest BCUT2D eigenvalue weighted by atomic mass is 9.79. The second-order valence-corrected chi connectivity index (χ2v) is 12.6. The molecule has 0 heteroatoms. The number of hydrogen-bond acceptors (Lipinski definition) is 0. The van der Waals surface area contributed by atoms with Gasteiger partial charge in [0.15, 0.2) is 0 Å². The molecule has 0 aliphatic carbocycles. The van der Waals surface area contributed by atoms with Crippen molar-refractivity contribution in [2.24, 2.45) is 0 Å². The summed E-state index contributed by atoms with van der Waals surface area (Å²) in [7, 11) is 0. The van der Waals surface area contributed by atoms with Crippen molar-refractivity contribution in [1.82, 2.24) is 0 Å². The van der Waals surface area contributed by atoms with E-state index in [-0.39, 0.29) is 0 Å². The smallest absolute Gasteiger partial charge is 0.0143 e. The van der Waals surface area contributed by atoms with Crippen molar-refractivity contribution in [3.8, 4) is 11.1 Å². The molecule has 0 nitrogen and oxygen atoms in total. The molecule has 0 spiro atoms. The fourth-order valence-corrected chi connectivity index (χ4v) is 6.76. The van der Waals surface area contributed by atoms with Crippen molar-refractivity contribution in [3.05, 3.63) is 57.1 Å². The van der Waals surface area contributed by atoms with Crippen LogP contribution in [-0.2, 0) is 32.1 Å². The molecule has 0 aromatic heterocycles. The standard InChI is InChI=1S/C40H66/c1-8-13-17-21-25-34-31-40(39-30-29-32(6)33(7)35(39)12-5)38(28-24-20-16-11-4)37(27-23-19-15-10-3)36(34)26-22-18-14-9-2/h29-31H,8-28H2,1-7H3. The Hall–Kier alpha value is -1.56. The highest BCUT2D eigenvalue weighted by Crippen LogP contribution is 2.38. The molecule has 2 rings (SSSR count). The first-order valence-electron chi connectivity index (χ1n) is 17.8. The zero-order chi connectivity index (χ0) is 29.2. The van der Waals surface area contributed by atoms with Crippen LogP contribution < -0.4 is 0 Å². The van der Waals surface area contributed by atoms with Crippen molar-refractivity contribution >= 4 is 0 Å². The highest BCUT2D eigenvalue weighted by Gasteiger charge is 2.21. The van der Waals surface area contributed by atoms with Crippen LogP contribution in [0.2, 0.25) is 0 Å². The topological polar surface area (TPSA) is 0 Å². The molecule has 0 fully saturated rings. The van der Waals surface area contributed by atoms with Gasteiger partial charge in [0.05, 0.1) is 0 Å². The lowest BCUT2D eigenvalue weighted by Gasteiger charge is -2.25. The summed E-state index contributed by atoms with van der Waals surface area (Å²) < 4.78 is 0. The van der Waals surface area contributed by atoms with E-state index in [0.717, 1.165) is 6.42 Å². The average molecular weight is 547 g/mol. The van der Waals surface area contributed by atoms with E-state index in [9.17, 15) is 0 Å². The minimum atomic E-state index is 1.12. The van der Waals surface area contributed by atoms with E-state index < -0.39 is 0 Å². The second-order valence-electron chi connectivity index (χ2n) is 12.6. The monoisotopic (exact) mass is 547 g/mol. The molecule has 2 aromatic rings. The van der Waals surface area contributed by atoms with Gasteiger partial charge in [-0.05, 0) is 122 Å². The number of hydrogen-bond donors (Lipinski definition) is 0. The Morgan fingerprint density at radius 2 is 0.900 bits per heavy atom. The largest absolute Gasteiger partial charge is 0.0654 e. The summed E-state index contributed by atoms with van der Waals surface area (Å²) in [5.74, 6) is 0. The van der Waals surface area contributed by atoms with E-state index in [1.54, 1.807) is 38.9 Å². The molecule has 0 aliphatic heterocycles. The van der Waals surface area contributed by atoms with E-state index in [2.05, 4.69) is 66.7 Å². The molecule has 0 amide bonds. The summed E-state index contributed by atoms with van der Waals surface area (Å²) in [5, 5.41) is 0. The van der Waals surface area contributed by atoms with Crippen molar-refractivity contribution in [2.75, 3.05) is 0 Å². The van der Waals surface area contributed by atoms with E-state index in [4.69, 9.17) is 0 Å². The molecule has 40 heavy (non-hydrogen) atoms. The van der Waals surface area contributed by atoms with Gasteiger partial charge < -0.3 is 0 Å². The molecular weight excluding hydrogens is 480 g/mol. The number of aryl methyl sites for hydroxylation is 2. The Bertz CT molecular complexity index is 963. The Morgan fingerprint density at radius 1 is 0.425 bits per heavy atom. The van der Waals surface area contributed by atoms with Gasteiger partial charge in [0, 0.05) is 0 Å². The van der Waals surface area contributed by atoms with Crippen LogP contribution >= 0.6 is 0 Å². The van der Waals surface area contributed by atoms with Gasteiger partial charge in [-0.15, -0.1) is 0 Å². The molecule has 0 unspecified atom stereocenters. The second kappa shape index (κ2) is 20.3. The minimum absolute atomic E-state index is 1.12. The summed E-state index contributed by atoms with van der Waals surface area (Å²) in [6, 6.07) is 7.59. The van der Waals surface area contributed by atoms with Crippen LogP contribution in [0.5, 0.6) is 0 Å². The van der Waals surface area contributed by atoms with Crippen LogP contribution in [0.4, 0.5) is 0 Å². The predicted molar refractivity (Wildman–Crippen MR) is 182 cm³/mol. The lowest BCUT2D eigenvalue weighted by Crippen LogP contribution is -2.10. The molecule has 0 atom stereocenters. The first-order chi connectivity index (χ1) is 19.5. The fraction of sp³-hybridized carbons (Fsp3) is 0.700. The molecule has 0 aliphatic rings.